The minimum absolute atomic E-state index is 0.140. The number of nitrogens with zero attached hydrogens (tertiary/aromatic N) is 1. The zero-order chi connectivity index (χ0) is 14.0. The highest BCUT2D eigenvalue weighted by atomic mass is 32.2. The predicted octanol–water partition coefficient (Wildman–Crippen LogP) is 1.41. The highest BCUT2D eigenvalue weighted by Gasteiger charge is 2.24. The lowest BCUT2D eigenvalue weighted by atomic mass is 10.2. The van der Waals surface area contributed by atoms with Crippen molar-refractivity contribution in [2.24, 2.45) is 5.92 Å². The zero-order valence-electron chi connectivity index (χ0n) is 11.4. The van der Waals surface area contributed by atoms with E-state index < -0.39 is 10.0 Å². The van der Waals surface area contributed by atoms with E-state index in [0.717, 1.165) is 24.7 Å². The van der Waals surface area contributed by atoms with Gasteiger partial charge in [-0.3, -0.25) is 0 Å². The Labute approximate surface area is 114 Å². The molecule has 0 aromatic heterocycles. The molecule has 0 atom stereocenters. The smallest absolute Gasteiger partial charge is 0.242 e. The Morgan fingerprint density at radius 2 is 2.11 bits per heavy atom. The molecule has 1 aliphatic rings. The highest BCUT2D eigenvalue weighted by Crippen LogP contribution is 2.32. The van der Waals surface area contributed by atoms with Gasteiger partial charge in [-0.25, -0.2) is 13.1 Å². The van der Waals surface area contributed by atoms with E-state index in [-0.39, 0.29) is 4.90 Å². The molecule has 1 fully saturated rings. The van der Waals surface area contributed by atoms with Crippen LogP contribution in [0.15, 0.2) is 23.1 Å². The standard InChI is InChI=1S/C13H21N3O2S/c1-3-16(9-10-4-5-10)11-6-7-13(12(14)8-11)19(17,18)15-2/h6-8,10,15H,3-5,9,14H2,1-2H3. The summed E-state index contributed by atoms with van der Waals surface area (Å²) in [5, 5.41) is 0. The Morgan fingerprint density at radius 1 is 1.42 bits per heavy atom. The van der Waals surface area contributed by atoms with Crippen molar-refractivity contribution in [3.63, 3.8) is 0 Å². The molecular weight excluding hydrogens is 262 g/mol. The molecule has 1 aliphatic carbocycles. The van der Waals surface area contributed by atoms with Gasteiger partial charge >= 0.3 is 0 Å². The fourth-order valence-corrected chi connectivity index (χ4v) is 2.95. The largest absolute Gasteiger partial charge is 0.398 e. The average molecular weight is 283 g/mol. The highest BCUT2D eigenvalue weighted by molar-refractivity contribution is 7.89. The number of hydrogen-bond acceptors (Lipinski definition) is 4. The maximum absolute atomic E-state index is 11.8. The number of rotatable bonds is 6. The van der Waals surface area contributed by atoms with Crippen LogP contribution in [0.4, 0.5) is 11.4 Å². The van der Waals surface area contributed by atoms with Gasteiger partial charge in [0.15, 0.2) is 0 Å². The van der Waals surface area contributed by atoms with Crippen LogP contribution in [0, 0.1) is 5.92 Å². The first kappa shape index (κ1) is 14.1. The van der Waals surface area contributed by atoms with Crippen LogP contribution in [0.25, 0.3) is 0 Å². The van der Waals surface area contributed by atoms with E-state index in [1.165, 1.54) is 19.9 Å². The minimum Gasteiger partial charge on any atom is -0.398 e. The van der Waals surface area contributed by atoms with Crippen molar-refractivity contribution < 1.29 is 8.42 Å². The summed E-state index contributed by atoms with van der Waals surface area (Å²) < 4.78 is 25.8. The van der Waals surface area contributed by atoms with Crippen LogP contribution in [-0.2, 0) is 10.0 Å². The summed E-state index contributed by atoms with van der Waals surface area (Å²) in [6.07, 6.45) is 2.58. The van der Waals surface area contributed by atoms with Gasteiger partial charge in [0.25, 0.3) is 0 Å². The van der Waals surface area contributed by atoms with E-state index >= 15 is 0 Å². The molecule has 5 nitrogen and oxygen atoms in total. The van der Waals surface area contributed by atoms with Crippen molar-refractivity contribution in [2.75, 3.05) is 30.8 Å². The van der Waals surface area contributed by atoms with Crippen LogP contribution >= 0.6 is 0 Å². The third-order valence-corrected chi connectivity index (χ3v) is 4.96. The van der Waals surface area contributed by atoms with Gasteiger partial charge < -0.3 is 10.6 Å². The molecule has 0 aliphatic heterocycles. The zero-order valence-corrected chi connectivity index (χ0v) is 12.2. The third kappa shape index (κ3) is 3.19. The van der Waals surface area contributed by atoms with Crippen molar-refractivity contribution in [3.8, 4) is 0 Å². The number of nitrogens with one attached hydrogen (secondary N) is 1. The number of nitrogen functional groups attached to an aromatic ring is 1. The SMILES string of the molecule is CCN(CC1CC1)c1ccc(S(=O)(=O)NC)c(N)c1. The first-order chi connectivity index (χ1) is 8.97. The summed E-state index contributed by atoms with van der Waals surface area (Å²) in [6.45, 7) is 4.01. The Morgan fingerprint density at radius 3 is 2.58 bits per heavy atom. The molecule has 1 aromatic rings. The lowest BCUT2D eigenvalue weighted by Crippen LogP contribution is -2.26. The van der Waals surface area contributed by atoms with Crippen molar-refractivity contribution in [2.45, 2.75) is 24.7 Å². The van der Waals surface area contributed by atoms with Gasteiger partial charge in [0.1, 0.15) is 4.90 Å². The molecule has 2 rings (SSSR count). The first-order valence-corrected chi connectivity index (χ1v) is 8.04. The maximum atomic E-state index is 11.8. The Kier molecular flexibility index (Phi) is 4.01. The quantitative estimate of drug-likeness (QED) is 0.774. The number of sulfonamides is 1. The molecule has 3 N–H and O–H groups in total. The summed E-state index contributed by atoms with van der Waals surface area (Å²) >= 11 is 0. The van der Waals surface area contributed by atoms with Gasteiger partial charge in [0.2, 0.25) is 10.0 Å². The molecule has 0 saturated heterocycles. The average Bonchev–Trinajstić information content (AvgIpc) is 3.19. The summed E-state index contributed by atoms with van der Waals surface area (Å²) in [5.41, 5.74) is 7.16. The van der Waals surface area contributed by atoms with E-state index in [0.29, 0.717) is 5.69 Å². The first-order valence-electron chi connectivity index (χ1n) is 6.56. The molecule has 0 bridgehead atoms. The molecule has 0 spiro atoms. The van der Waals surface area contributed by atoms with Crippen LogP contribution in [0.3, 0.4) is 0 Å². The number of hydrogen-bond donors (Lipinski definition) is 2. The van der Waals surface area contributed by atoms with Crippen LogP contribution in [-0.4, -0.2) is 28.6 Å². The molecule has 6 heteroatoms. The molecule has 0 amide bonds. The van der Waals surface area contributed by atoms with Gasteiger partial charge in [0.05, 0.1) is 5.69 Å². The molecule has 1 saturated carbocycles. The van der Waals surface area contributed by atoms with Crippen LogP contribution in [0.5, 0.6) is 0 Å². The van der Waals surface area contributed by atoms with E-state index in [2.05, 4.69) is 16.5 Å². The summed E-state index contributed by atoms with van der Waals surface area (Å²) in [7, 11) is -2.10. The summed E-state index contributed by atoms with van der Waals surface area (Å²) in [5.74, 6) is 0.780. The second-order valence-electron chi connectivity index (χ2n) is 4.91. The Balaban J connectivity index is 2.26. The molecular formula is C13H21N3O2S. The van der Waals surface area contributed by atoms with Gasteiger partial charge in [-0.2, -0.15) is 0 Å². The molecule has 0 heterocycles. The van der Waals surface area contributed by atoms with Crippen molar-refractivity contribution in [1.82, 2.24) is 4.72 Å². The second-order valence-corrected chi connectivity index (χ2v) is 6.77. The minimum atomic E-state index is -3.48. The fraction of sp³-hybridized carbons (Fsp3) is 0.538. The predicted molar refractivity (Wildman–Crippen MR) is 77.7 cm³/mol. The number of anilines is 2. The summed E-state index contributed by atoms with van der Waals surface area (Å²) in [6, 6.07) is 5.15. The van der Waals surface area contributed by atoms with Crippen molar-refractivity contribution in [3.05, 3.63) is 18.2 Å². The van der Waals surface area contributed by atoms with Crippen LogP contribution in [0.1, 0.15) is 19.8 Å². The normalized spacial score (nSPS) is 15.5. The number of nitrogens with two attached hydrogens (primary N) is 1. The van der Waals surface area contributed by atoms with Crippen LogP contribution in [0.2, 0.25) is 0 Å². The second kappa shape index (κ2) is 5.38. The Hall–Kier alpha value is -1.27. The van der Waals surface area contributed by atoms with E-state index in [9.17, 15) is 8.42 Å². The topological polar surface area (TPSA) is 75.4 Å². The summed E-state index contributed by atoms with van der Waals surface area (Å²) in [4.78, 5) is 2.38. The van der Waals surface area contributed by atoms with Gasteiger partial charge in [-0.1, -0.05) is 0 Å². The molecule has 0 radical (unpaired) electrons. The van der Waals surface area contributed by atoms with Gasteiger partial charge in [-0.15, -0.1) is 0 Å². The molecule has 106 valence electrons. The van der Waals surface area contributed by atoms with E-state index in [4.69, 9.17) is 5.73 Å². The van der Waals surface area contributed by atoms with Crippen molar-refractivity contribution in [1.29, 1.82) is 0 Å². The molecule has 0 unspecified atom stereocenters. The van der Waals surface area contributed by atoms with Crippen LogP contribution < -0.4 is 15.4 Å². The van der Waals surface area contributed by atoms with Crippen molar-refractivity contribution >= 4 is 21.4 Å². The monoisotopic (exact) mass is 283 g/mol. The fourth-order valence-electron chi connectivity index (χ4n) is 2.12. The van der Waals surface area contributed by atoms with Gasteiger partial charge in [-0.05, 0) is 50.9 Å². The van der Waals surface area contributed by atoms with Gasteiger partial charge in [0, 0.05) is 18.8 Å². The molecule has 1 aromatic carbocycles. The Bertz CT molecular complexity index is 553. The van der Waals surface area contributed by atoms with E-state index in [1.54, 1.807) is 12.1 Å². The third-order valence-electron chi connectivity index (χ3n) is 3.47. The maximum Gasteiger partial charge on any atom is 0.242 e. The number of benzene rings is 1. The van der Waals surface area contributed by atoms with E-state index in [1.807, 2.05) is 6.07 Å². The lowest BCUT2D eigenvalue weighted by molar-refractivity contribution is 0.588. The lowest BCUT2D eigenvalue weighted by Gasteiger charge is -2.23. The molecule has 19 heavy (non-hydrogen) atoms.